The molecule has 0 spiro atoms. The Morgan fingerprint density at radius 1 is 1.26 bits per heavy atom. The summed E-state index contributed by atoms with van der Waals surface area (Å²) in [5.74, 6) is -0.428. The van der Waals surface area contributed by atoms with E-state index in [4.69, 9.17) is 9.47 Å². The van der Waals surface area contributed by atoms with Gasteiger partial charge in [0.05, 0.1) is 49.4 Å². The maximum absolute atomic E-state index is 15.1. The van der Waals surface area contributed by atoms with Crippen LogP contribution in [0.2, 0.25) is 0 Å². The molecule has 2 amide bonds. The van der Waals surface area contributed by atoms with Crippen molar-refractivity contribution in [3.05, 3.63) is 60.4 Å². The summed E-state index contributed by atoms with van der Waals surface area (Å²) in [4.78, 5) is 29.6. The van der Waals surface area contributed by atoms with Crippen LogP contribution in [-0.4, -0.2) is 63.1 Å². The predicted molar refractivity (Wildman–Crippen MR) is 118 cm³/mol. The molecule has 0 bridgehead atoms. The standard InChI is InChI=1S/C23H21FN6O5/c24-19-7-14(30-10-15(35-22(30)33)9-29-6-5-26-28-29)2-3-16(19)13-1-4-20(25-8-13)23(27-21(31)32)17-11-34-12-18(17)23/h1-8,15,17-18,27H,9-12H2,(H,31,32)/t15-,17-,18+,23?/m0/s1. The quantitative estimate of drug-likeness (QED) is 0.549. The molecule has 2 aromatic heterocycles. The number of rotatable bonds is 6. The number of fused-ring (bicyclic) bond motifs is 1. The van der Waals surface area contributed by atoms with Crippen LogP contribution in [0.25, 0.3) is 11.1 Å². The molecule has 11 nitrogen and oxygen atoms in total. The lowest BCUT2D eigenvalue weighted by Crippen LogP contribution is -2.39. The number of halogens is 1. The first-order valence-electron chi connectivity index (χ1n) is 11.1. The molecule has 1 aliphatic carbocycles. The van der Waals surface area contributed by atoms with Gasteiger partial charge in [0.1, 0.15) is 11.9 Å². The van der Waals surface area contributed by atoms with Crippen molar-refractivity contribution >= 4 is 17.9 Å². The predicted octanol–water partition coefficient (Wildman–Crippen LogP) is 2.24. The van der Waals surface area contributed by atoms with Gasteiger partial charge < -0.3 is 19.9 Å². The number of aromatic nitrogens is 4. The highest BCUT2D eigenvalue weighted by Crippen LogP contribution is 2.60. The molecular formula is C23H21FN6O5. The third kappa shape index (κ3) is 3.57. The van der Waals surface area contributed by atoms with Gasteiger partial charge >= 0.3 is 12.2 Å². The maximum atomic E-state index is 15.1. The number of nitrogens with zero attached hydrogens (tertiary/aromatic N) is 5. The van der Waals surface area contributed by atoms with Crippen molar-refractivity contribution in [3.63, 3.8) is 0 Å². The van der Waals surface area contributed by atoms with Crippen molar-refractivity contribution in [1.82, 2.24) is 25.3 Å². The second kappa shape index (κ2) is 8.01. The van der Waals surface area contributed by atoms with Crippen LogP contribution in [0, 0.1) is 17.7 Å². The Balaban J connectivity index is 1.20. The van der Waals surface area contributed by atoms with Crippen LogP contribution in [0.3, 0.4) is 0 Å². The van der Waals surface area contributed by atoms with Crippen molar-refractivity contribution in [2.24, 2.45) is 11.8 Å². The molecule has 1 aromatic carbocycles. The molecule has 180 valence electrons. The number of pyridine rings is 1. The first-order valence-corrected chi connectivity index (χ1v) is 11.1. The van der Waals surface area contributed by atoms with E-state index in [1.165, 1.54) is 23.4 Å². The number of carboxylic acid groups (broad SMARTS) is 1. The van der Waals surface area contributed by atoms with Crippen LogP contribution in [0.5, 0.6) is 0 Å². The Labute approximate surface area is 198 Å². The number of ether oxygens (including phenoxy) is 2. The highest BCUT2D eigenvalue weighted by atomic mass is 19.1. The summed E-state index contributed by atoms with van der Waals surface area (Å²) in [6.07, 6.45) is 2.65. The molecule has 1 saturated carbocycles. The highest BCUT2D eigenvalue weighted by molar-refractivity contribution is 5.90. The molecule has 3 aliphatic rings. The lowest BCUT2D eigenvalue weighted by Gasteiger charge is -2.21. The van der Waals surface area contributed by atoms with Crippen molar-refractivity contribution in [2.45, 2.75) is 18.2 Å². The highest BCUT2D eigenvalue weighted by Gasteiger charge is 2.70. The lowest BCUT2D eigenvalue weighted by molar-refractivity contribution is 0.127. The molecule has 4 atom stereocenters. The molecule has 3 fully saturated rings. The van der Waals surface area contributed by atoms with Gasteiger partial charge in [-0.1, -0.05) is 11.3 Å². The molecule has 1 unspecified atom stereocenters. The molecule has 2 N–H and O–H groups in total. The average molecular weight is 480 g/mol. The van der Waals surface area contributed by atoms with E-state index in [0.29, 0.717) is 42.3 Å². The van der Waals surface area contributed by atoms with Gasteiger partial charge in [0.2, 0.25) is 0 Å². The van der Waals surface area contributed by atoms with Gasteiger partial charge in [-0.25, -0.2) is 18.7 Å². The topological polar surface area (TPSA) is 132 Å². The zero-order valence-electron chi connectivity index (χ0n) is 18.4. The second-order valence-electron chi connectivity index (χ2n) is 8.89. The van der Waals surface area contributed by atoms with Crippen LogP contribution < -0.4 is 10.2 Å². The number of anilines is 1. The Hall–Kier alpha value is -4.06. The van der Waals surface area contributed by atoms with Crippen LogP contribution in [0.4, 0.5) is 19.7 Å². The third-order valence-electron chi connectivity index (χ3n) is 6.95. The van der Waals surface area contributed by atoms with E-state index in [0.717, 1.165) is 0 Å². The van der Waals surface area contributed by atoms with Crippen molar-refractivity contribution in [2.75, 3.05) is 24.7 Å². The summed E-state index contributed by atoms with van der Waals surface area (Å²) < 4.78 is 27.4. The number of carbonyl (C=O) groups is 2. The normalized spacial score (nSPS) is 26.9. The number of hydrogen-bond donors (Lipinski definition) is 2. The average Bonchev–Trinajstić information content (AvgIpc) is 3.38. The Morgan fingerprint density at radius 2 is 2.09 bits per heavy atom. The van der Waals surface area contributed by atoms with Gasteiger partial charge in [-0.2, -0.15) is 0 Å². The number of amides is 2. The smallest absolute Gasteiger partial charge is 0.414 e. The molecule has 2 aliphatic heterocycles. The first kappa shape index (κ1) is 21.5. The zero-order valence-corrected chi connectivity index (χ0v) is 18.4. The van der Waals surface area contributed by atoms with Gasteiger partial charge in [0.25, 0.3) is 0 Å². The van der Waals surface area contributed by atoms with Gasteiger partial charge in [0.15, 0.2) is 0 Å². The van der Waals surface area contributed by atoms with Crippen molar-refractivity contribution in [1.29, 1.82) is 0 Å². The van der Waals surface area contributed by atoms with Crippen molar-refractivity contribution < 1.29 is 28.6 Å². The number of carbonyl (C=O) groups excluding carboxylic acids is 1. The molecule has 4 heterocycles. The number of hydrogen-bond acceptors (Lipinski definition) is 7. The van der Waals surface area contributed by atoms with Crippen LogP contribution in [0.15, 0.2) is 48.9 Å². The zero-order chi connectivity index (χ0) is 24.2. The fraction of sp³-hybridized carbons (Fsp3) is 0.348. The number of cyclic esters (lactones) is 1. The van der Waals surface area contributed by atoms with E-state index in [-0.39, 0.29) is 18.4 Å². The van der Waals surface area contributed by atoms with Gasteiger partial charge in [-0.3, -0.25) is 9.88 Å². The van der Waals surface area contributed by atoms with E-state index in [1.54, 1.807) is 35.1 Å². The number of nitrogens with one attached hydrogen (secondary N) is 1. The minimum Gasteiger partial charge on any atom is -0.465 e. The Morgan fingerprint density at radius 3 is 2.74 bits per heavy atom. The van der Waals surface area contributed by atoms with E-state index < -0.39 is 29.6 Å². The summed E-state index contributed by atoms with van der Waals surface area (Å²) in [6.45, 7) is 1.57. The molecular weight excluding hydrogens is 459 g/mol. The summed E-state index contributed by atoms with van der Waals surface area (Å²) in [5.41, 5.74) is 1.08. The summed E-state index contributed by atoms with van der Waals surface area (Å²) in [7, 11) is 0. The summed E-state index contributed by atoms with van der Waals surface area (Å²) in [6, 6.07) is 7.98. The van der Waals surface area contributed by atoms with Crippen LogP contribution in [0.1, 0.15) is 5.69 Å². The Kier molecular flexibility index (Phi) is 4.92. The molecule has 12 heteroatoms. The van der Waals surface area contributed by atoms with Gasteiger partial charge in [-0.05, 0) is 24.3 Å². The largest absolute Gasteiger partial charge is 0.465 e. The van der Waals surface area contributed by atoms with Crippen molar-refractivity contribution in [3.8, 4) is 11.1 Å². The SMILES string of the molecule is O=C(O)NC1(c2ccc(-c3ccc(N4C[C@H](Cn5ccnn5)OC4=O)cc3F)cn2)[C@@H]2COC[C@@H]21. The van der Waals surface area contributed by atoms with Crippen LogP contribution in [-0.2, 0) is 21.6 Å². The third-order valence-corrected chi connectivity index (χ3v) is 6.95. The van der Waals surface area contributed by atoms with E-state index in [2.05, 4.69) is 20.6 Å². The monoisotopic (exact) mass is 480 g/mol. The fourth-order valence-electron chi connectivity index (χ4n) is 5.23. The molecule has 35 heavy (non-hydrogen) atoms. The van der Waals surface area contributed by atoms with E-state index >= 15 is 4.39 Å². The van der Waals surface area contributed by atoms with Gasteiger partial charge in [0, 0.05) is 35.4 Å². The summed E-state index contributed by atoms with van der Waals surface area (Å²) >= 11 is 0. The fourth-order valence-corrected chi connectivity index (χ4v) is 5.23. The molecule has 0 radical (unpaired) electrons. The minimum atomic E-state index is -1.11. The molecule has 2 saturated heterocycles. The summed E-state index contributed by atoms with van der Waals surface area (Å²) in [5, 5.41) is 19.5. The van der Waals surface area contributed by atoms with E-state index in [9.17, 15) is 14.7 Å². The maximum Gasteiger partial charge on any atom is 0.414 e. The second-order valence-corrected chi connectivity index (χ2v) is 8.89. The first-order chi connectivity index (χ1) is 17.0. The molecule has 6 rings (SSSR count). The Bertz CT molecular complexity index is 1270. The molecule has 3 aromatic rings. The lowest BCUT2D eigenvalue weighted by atomic mass is 10.0. The van der Waals surface area contributed by atoms with Crippen LogP contribution >= 0.6 is 0 Å². The van der Waals surface area contributed by atoms with Gasteiger partial charge in [-0.15, -0.1) is 5.10 Å². The minimum absolute atomic E-state index is 0.0431. The van der Waals surface area contributed by atoms with E-state index in [1.807, 2.05) is 0 Å². The number of benzene rings is 1.